The van der Waals surface area contributed by atoms with Crippen molar-refractivity contribution in [3.8, 4) is 0 Å². The molecule has 0 aliphatic heterocycles. The van der Waals surface area contributed by atoms with Gasteiger partial charge < -0.3 is 21.1 Å². The molecule has 5 N–H and O–H groups in total. The number of nitrogens with two attached hydrogens (primary N) is 1. The number of alkyl carbamates (subject to hydrolysis) is 1. The highest BCUT2D eigenvalue weighted by Crippen LogP contribution is 2.32. The van der Waals surface area contributed by atoms with Crippen LogP contribution >= 0.6 is 0 Å². The molecule has 152 valence electrons. The summed E-state index contributed by atoms with van der Waals surface area (Å²) in [5.41, 5.74) is 4.89. The van der Waals surface area contributed by atoms with Gasteiger partial charge in [0.25, 0.3) is 0 Å². The lowest BCUT2D eigenvalue weighted by atomic mass is 10.0. The number of H-pyrrole nitrogens is 1. The van der Waals surface area contributed by atoms with Crippen LogP contribution in [0, 0.1) is 0 Å². The number of ether oxygens (including phenoxy) is 1. The summed E-state index contributed by atoms with van der Waals surface area (Å²) in [6, 6.07) is -0.944. The van der Waals surface area contributed by atoms with Crippen LogP contribution in [0.3, 0.4) is 0 Å². The van der Waals surface area contributed by atoms with Crippen LogP contribution in [0.4, 0.5) is 4.79 Å². The van der Waals surface area contributed by atoms with Gasteiger partial charge in [0.05, 0.1) is 0 Å². The monoisotopic (exact) mass is 383 g/mol. The van der Waals surface area contributed by atoms with Crippen molar-refractivity contribution >= 4 is 12.0 Å². The topological polar surface area (TPSA) is 152 Å². The molecule has 1 aromatic heterocycles. The minimum absolute atomic E-state index is 0.128. The Morgan fingerprint density at radius 3 is 2.74 bits per heavy atom. The van der Waals surface area contributed by atoms with Gasteiger partial charge in [0, 0.05) is 12.0 Å². The summed E-state index contributed by atoms with van der Waals surface area (Å²) in [6.07, 6.45) is 2.75. The molecule has 1 aliphatic carbocycles. The number of hydrogen-bond acceptors (Lipinski definition) is 7. The van der Waals surface area contributed by atoms with Crippen LogP contribution in [0.25, 0.3) is 0 Å². The van der Waals surface area contributed by atoms with Gasteiger partial charge in [-0.25, -0.2) is 9.59 Å². The molecule has 1 heterocycles. The van der Waals surface area contributed by atoms with Gasteiger partial charge in [-0.05, 0) is 53.0 Å². The van der Waals surface area contributed by atoms with Gasteiger partial charge in [-0.15, -0.1) is 0 Å². The number of rotatable bonds is 7. The fourth-order valence-corrected chi connectivity index (χ4v) is 3.19. The van der Waals surface area contributed by atoms with Crippen LogP contribution in [0.15, 0.2) is 9.32 Å². The first kappa shape index (κ1) is 20.9. The minimum Gasteiger partial charge on any atom is -0.444 e. The van der Waals surface area contributed by atoms with E-state index in [0.717, 1.165) is 19.3 Å². The Bertz CT molecular complexity index is 692. The normalized spacial score (nSPS) is 20.9. The second-order valence-corrected chi connectivity index (χ2v) is 7.76. The summed E-state index contributed by atoms with van der Waals surface area (Å²) < 4.78 is 9.81. The average molecular weight is 383 g/mol. The Hall–Kier alpha value is -2.36. The van der Waals surface area contributed by atoms with Gasteiger partial charge in [-0.1, -0.05) is 11.6 Å². The second-order valence-electron chi connectivity index (χ2n) is 7.76. The molecule has 0 aromatic carbocycles. The minimum atomic E-state index is -0.749. The van der Waals surface area contributed by atoms with Crippen LogP contribution in [0.2, 0.25) is 0 Å². The molecule has 1 saturated carbocycles. The molecule has 0 spiro atoms. The molecular formula is C17H29N5O5. The number of aromatic nitrogens is 2. The number of nitrogens with one attached hydrogen (secondary N) is 3. The van der Waals surface area contributed by atoms with Crippen molar-refractivity contribution in [3.05, 3.63) is 16.4 Å². The Kier molecular flexibility index (Phi) is 7.00. The van der Waals surface area contributed by atoms with Gasteiger partial charge in [-0.3, -0.25) is 14.3 Å². The molecule has 27 heavy (non-hydrogen) atoms. The predicted molar refractivity (Wildman–Crippen MR) is 97.1 cm³/mol. The smallest absolute Gasteiger partial charge is 0.438 e. The van der Waals surface area contributed by atoms with Crippen molar-refractivity contribution in [1.29, 1.82) is 0 Å². The maximum absolute atomic E-state index is 12.8. The fourth-order valence-electron chi connectivity index (χ4n) is 3.19. The summed E-state index contributed by atoms with van der Waals surface area (Å²) in [4.78, 5) is 38.6. The molecule has 0 bridgehead atoms. The highest BCUT2D eigenvalue weighted by molar-refractivity contribution is 5.86. The molecule has 2 rings (SSSR count). The number of aromatic amines is 1. The van der Waals surface area contributed by atoms with E-state index >= 15 is 0 Å². The maximum Gasteiger partial charge on any atom is 0.438 e. The van der Waals surface area contributed by atoms with E-state index in [4.69, 9.17) is 10.5 Å². The zero-order valence-corrected chi connectivity index (χ0v) is 16.0. The standard InChI is InChI=1S/C17H29N5O5/c1-17(2,3)26-15(24)20-12(8-5-9-18)14(23)19-11-7-4-6-10(11)13-21-16(25)27-22-13/h10-12H,4-9,18H2,1-3H3,(H,19,23)(H,20,24)(H,21,22,25). The maximum atomic E-state index is 12.8. The highest BCUT2D eigenvalue weighted by atomic mass is 16.6. The quantitative estimate of drug-likeness (QED) is 0.542. The van der Waals surface area contributed by atoms with Crippen LogP contribution in [-0.4, -0.2) is 46.4 Å². The number of carbonyl (C=O) groups is 2. The molecule has 3 unspecified atom stereocenters. The second kappa shape index (κ2) is 9.03. The number of carbonyl (C=O) groups excluding carboxylic acids is 2. The first-order valence-corrected chi connectivity index (χ1v) is 9.25. The average Bonchev–Trinajstić information content (AvgIpc) is 3.18. The third kappa shape index (κ3) is 6.38. The van der Waals surface area contributed by atoms with E-state index in [1.54, 1.807) is 20.8 Å². The third-order valence-corrected chi connectivity index (χ3v) is 4.36. The van der Waals surface area contributed by atoms with Gasteiger partial charge in [0.15, 0.2) is 5.82 Å². The Labute approximate surface area is 157 Å². The Morgan fingerprint density at radius 2 is 2.15 bits per heavy atom. The molecule has 0 radical (unpaired) electrons. The van der Waals surface area contributed by atoms with E-state index in [1.807, 2.05) is 0 Å². The molecule has 3 atom stereocenters. The third-order valence-electron chi connectivity index (χ3n) is 4.36. The van der Waals surface area contributed by atoms with Crippen molar-refractivity contribution in [3.63, 3.8) is 0 Å². The van der Waals surface area contributed by atoms with Crippen LogP contribution in [0.1, 0.15) is 64.6 Å². The number of amides is 2. The summed E-state index contributed by atoms with van der Waals surface area (Å²) >= 11 is 0. The summed E-state index contributed by atoms with van der Waals surface area (Å²) in [5, 5.41) is 9.32. The van der Waals surface area contributed by atoms with Crippen LogP contribution < -0.4 is 22.1 Å². The van der Waals surface area contributed by atoms with Gasteiger partial charge in [0.1, 0.15) is 11.6 Å². The van der Waals surface area contributed by atoms with Crippen LogP contribution in [-0.2, 0) is 9.53 Å². The summed E-state index contributed by atoms with van der Waals surface area (Å²) in [7, 11) is 0. The number of nitrogens with zero attached hydrogens (tertiary/aromatic N) is 1. The molecule has 10 nitrogen and oxygen atoms in total. The van der Waals surface area contributed by atoms with Crippen molar-refractivity contribution in [2.24, 2.45) is 5.73 Å². The zero-order valence-electron chi connectivity index (χ0n) is 16.0. The Morgan fingerprint density at radius 1 is 1.41 bits per heavy atom. The lowest BCUT2D eigenvalue weighted by Crippen LogP contribution is -2.51. The van der Waals surface area contributed by atoms with E-state index in [1.165, 1.54) is 0 Å². The predicted octanol–water partition coefficient (Wildman–Crippen LogP) is 0.747. The molecular weight excluding hydrogens is 354 g/mol. The molecule has 10 heteroatoms. The molecule has 1 fully saturated rings. The molecule has 1 aliphatic rings. The fraction of sp³-hybridized carbons (Fsp3) is 0.765. The van der Waals surface area contributed by atoms with Gasteiger partial charge >= 0.3 is 11.8 Å². The molecule has 0 saturated heterocycles. The molecule has 2 amide bonds. The van der Waals surface area contributed by atoms with E-state index in [2.05, 4.69) is 25.3 Å². The summed E-state index contributed by atoms with van der Waals surface area (Å²) in [5.74, 6) is -0.620. The van der Waals surface area contributed by atoms with Crippen LogP contribution in [0.5, 0.6) is 0 Å². The van der Waals surface area contributed by atoms with E-state index in [0.29, 0.717) is 25.2 Å². The zero-order chi connectivity index (χ0) is 20.0. The number of hydrogen-bond donors (Lipinski definition) is 4. The first-order chi connectivity index (χ1) is 12.7. The summed E-state index contributed by atoms with van der Waals surface area (Å²) in [6.45, 7) is 5.67. The van der Waals surface area contributed by atoms with E-state index < -0.39 is 23.5 Å². The van der Waals surface area contributed by atoms with Crippen molar-refractivity contribution < 1.29 is 18.8 Å². The first-order valence-electron chi connectivity index (χ1n) is 9.25. The largest absolute Gasteiger partial charge is 0.444 e. The van der Waals surface area contributed by atoms with Gasteiger partial charge in [-0.2, -0.15) is 0 Å². The van der Waals surface area contributed by atoms with Crippen molar-refractivity contribution in [2.45, 2.75) is 76.5 Å². The highest BCUT2D eigenvalue weighted by Gasteiger charge is 2.34. The van der Waals surface area contributed by atoms with Gasteiger partial charge in [0.2, 0.25) is 5.91 Å². The lowest BCUT2D eigenvalue weighted by Gasteiger charge is -2.25. The molecule has 1 aromatic rings. The SMILES string of the molecule is CC(C)(C)OC(=O)NC(CCCN)C(=O)NC1CCCC1c1noc(=O)[nH]1. The van der Waals surface area contributed by atoms with E-state index in [9.17, 15) is 14.4 Å². The Balaban J connectivity index is 2.01. The lowest BCUT2D eigenvalue weighted by molar-refractivity contribution is -0.124. The van der Waals surface area contributed by atoms with Crippen molar-refractivity contribution in [1.82, 2.24) is 20.8 Å². The van der Waals surface area contributed by atoms with Crippen molar-refractivity contribution in [2.75, 3.05) is 6.54 Å². The van der Waals surface area contributed by atoms with E-state index in [-0.39, 0.29) is 17.9 Å².